The third-order valence-corrected chi connectivity index (χ3v) is 3.33. The molecule has 2 N–H and O–H groups in total. The summed E-state index contributed by atoms with van der Waals surface area (Å²) in [5.41, 5.74) is 5.13. The van der Waals surface area contributed by atoms with E-state index in [9.17, 15) is 14.3 Å². The van der Waals surface area contributed by atoms with Crippen molar-refractivity contribution < 1.29 is 14.3 Å². The van der Waals surface area contributed by atoms with Crippen molar-refractivity contribution in [3.05, 3.63) is 0 Å². The van der Waals surface area contributed by atoms with Crippen molar-refractivity contribution in [3.8, 4) is 0 Å². The van der Waals surface area contributed by atoms with Crippen LogP contribution < -0.4 is 10.6 Å². The SMILES string of the molecule is CN(C)P(=O)([O-])CC(N)C=O. The molecule has 0 heterocycles. The molecule has 0 amide bonds. The Balaban J connectivity index is 4.13. The van der Waals surface area contributed by atoms with Crippen LogP contribution in [0.15, 0.2) is 0 Å². The molecule has 6 heteroatoms. The Morgan fingerprint density at radius 1 is 1.73 bits per heavy atom. The van der Waals surface area contributed by atoms with Crippen LogP contribution in [0.4, 0.5) is 0 Å². The van der Waals surface area contributed by atoms with Crippen molar-refractivity contribution in [2.24, 2.45) is 5.73 Å². The van der Waals surface area contributed by atoms with Gasteiger partial charge < -0.3 is 20.0 Å². The topological polar surface area (TPSA) is 86.5 Å². The highest BCUT2D eigenvalue weighted by atomic mass is 31.2. The monoisotopic (exact) mass is 179 g/mol. The zero-order valence-electron chi connectivity index (χ0n) is 6.56. The van der Waals surface area contributed by atoms with Gasteiger partial charge in [-0.05, 0) is 14.1 Å². The number of rotatable bonds is 4. The first-order valence-corrected chi connectivity index (χ1v) is 4.85. The third-order valence-electron chi connectivity index (χ3n) is 1.23. The van der Waals surface area contributed by atoms with Gasteiger partial charge >= 0.3 is 0 Å². The van der Waals surface area contributed by atoms with Gasteiger partial charge in [-0.2, -0.15) is 0 Å². The largest absolute Gasteiger partial charge is 0.788 e. The first kappa shape index (κ1) is 10.8. The van der Waals surface area contributed by atoms with Gasteiger partial charge in [0, 0.05) is 6.16 Å². The van der Waals surface area contributed by atoms with Crippen LogP contribution >= 0.6 is 7.52 Å². The molecular formula is C5H12N2O3P-. The molecule has 0 aromatic carbocycles. The maximum atomic E-state index is 11.0. The lowest BCUT2D eigenvalue weighted by Crippen LogP contribution is -2.32. The highest BCUT2D eigenvalue weighted by Gasteiger charge is 2.14. The Kier molecular flexibility index (Phi) is 3.89. The van der Waals surface area contributed by atoms with Crippen molar-refractivity contribution in [1.82, 2.24) is 4.67 Å². The molecule has 0 saturated carbocycles. The maximum Gasteiger partial charge on any atom is 0.137 e. The molecule has 2 atom stereocenters. The fraction of sp³-hybridized carbons (Fsp3) is 0.800. The number of nitrogens with two attached hydrogens (primary N) is 1. The Labute approximate surface area is 65.7 Å². The second-order valence-corrected chi connectivity index (χ2v) is 4.91. The quantitative estimate of drug-likeness (QED) is 0.425. The highest BCUT2D eigenvalue weighted by Crippen LogP contribution is 2.37. The van der Waals surface area contributed by atoms with Crippen LogP contribution in [0, 0.1) is 0 Å². The summed E-state index contributed by atoms with van der Waals surface area (Å²) in [4.78, 5) is 21.0. The van der Waals surface area contributed by atoms with Crippen molar-refractivity contribution in [3.63, 3.8) is 0 Å². The van der Waals surface area contributed by atoms with E-state index in [1.807, 2.05) is 0 Å². The van der Waals surface area contributed by atoms with E-state index in [1.54, 1.807) is 0 Å². The van der Waals surface area contributed by atoms with E-state index in [2.05, 4.69) is 0 Å². The fourth-order valence-corrected chi connectivity index (χ4v) is 1.42. The van der Waals surface area contributed by atoms with E-state index in [0.29, 0.717) is 6.29 Å². The zero-order chi connectivity index (χ0) is 9.07. The molecule has 0 rings (SSSR count). The summed E-state index contributed by atoms with van der Waals surface area (Å²) in [6.07, 6.45) is 0.123. The maximum absolute atomic E-state index is 11.0. The van der Waals surface area contributed by atoms with Gasteiger partial charge in [-0.25, -0.2) is 0 Å². The zero-order valence-corrected chi connectivity index (χ0v) is 7.45. The average molecular weight is 179 g/mol. The normalized spacial score (nSPS) is 19.4. The van der Waals surface area contributed by atoms with Gasteiger partial charge in [0.15, 0.2) is 0 Å². The van der Waals surface area contributed by atoms with Gasteiger partial charge in [0.25, 0.3) is 0 Å². The lowest BCUT2D eigenvalue weighted by atomic mass is 10.4. The van der Waals surface area contributed by atoms with E-state index in [1.165, 1.54) is 14.1 Å². The molecule has 0 fully saturated rings. The molecule has 11 heavy (non-hydrogen) atoms. The molecule has 0 aliphatic carbocycles. The summed E-state index contributed by atoms with van der Waals surface area (Å²) in [6.45, 7) is 0. The van der Waals surface area contributed by atoms with E-state index in [-0.39, 0.29) is 6.16 Å². The van der Waals surface area contributed by atoms with Crippen LogP contribution in [0.1, 0.15) is 0 Å². The van der Waals surface area contributed by atoms with E-state index >= 15 is 0 Å². The van der Waals surface area contributed by atoms with Crippen LogP contribution in [0.25, 0.3) is 0 Å². The smallest absolute Gasteiger partial charge is 0.137 e. The summed E-state index contributed by atoms with van der Waals surface area (Å²) in [5.74, 6) is 0. The van der Waals surface area contributed by atoms with Crippen molar-refractivity contribution >= 4 is 13.8 Å². The third kappa shape index (κ3) is 3.62. The Bertz CT molecular complexity index is 183. The minimum Gasteiger partial charge on any atom is -0.788 e. The van der Waals surface area contributed by atoms with Crippen LogP contribution in [0.5, 0.6) is 0 Å². The second-order valence-electron chi connectivity index (χ2n) is 2.47. The van der Waals surface area contributed by atoms with Crippen LogP contribution in [-0.2, 0) is 9.36 Å². The van der Waals surface area contributed by atoms with Crippen molar-refractivity contribution in [2.75, 3.05) is 20.3 Å². The first-order chi connectivity index (χ1) is 4.90. The van der Waals surface area contributed by atoms with Crippen LogP contribution in [0.3, 0.4) is 0 Å². The molecule has 2 unspecified atom stereocenters. The standard InChI is InChI=1S/C5H13N2O3P/c1-7(2)11(9,10)4-5(6)3-8/h3,5H,4,6H2,1-2H3,(H,9,10)/p-1. The fourth-order valence-electron chi connectivity index (χ4n) is 0.473. The van der Waals surface area contributed by atoms with Gasteiger partial charge in [-0.1, -0.05) is 0 Å². The van der Waals surface area contributed by atoms with Gasteiger partial charge in [0.2, 0.25) is 0 Å². The summed E-state index contributed by atoms with van der Waals surface area (Å²) in [7, 11) is -0.794. The molecule has 0 spiro atoms. The molecule has 0 aromatic heterocycles. The second kappa shape index (κ2) is 3.97. The number of aldehydes is 1. The molecule has 0 radical (unpaired) electrons. The molecule has 0 bridgehead atoms. The minimum atomic E-state index is -3.61. The van der Waals surface area contributed by atoms with Crippen molar-refractivity contribution in [2.45, 2.75) is 6.04 Å². The predicted molar refractivity (Wildman–Crippen MR) is 40.2 cm³/mol. The molecule has 0 saturated heterocycles. The van der Waals surface area contributed by atoms with Gasteiger partial charge in [-0.15, -0.1) is 0 Å². The highest BCUT2D eigenvalue weighted by molar-refractivity contribution is 7.54. The van der Waals surface area contributed by atoms with E-state index in [4.69, 9.17) is 5.73 Å². The number of carbonyl (C=O) groups excluding carboxylic acids is 1. The molecule has 66 valence electrons. The Hall–Kier alpha value is -0.220. The van der Waals surface area contributed by atoms with Gasteiger partial charge in [0.05, 0.1) is 13.6 Å². The Morgan fingerprint density at radius 3 is 2.45 bits per heavy atom. The molecule has 0 aliphatic heterocycles. The van der Waals surface area contributed by atoms with Crippen LogP contribution in [-0.4, -0.2) is 37.3 Å². The summed E-state index contributed by atoms with van der Waals surface area (Å²) >= 11 is 0. The molecule has 5 nitrogen and oxygen atoms in total. The lowest BCUT2D eigenvalue weighted by Gasteiger charge is -2.30. The first-order valence-electron chi connectivity index (χ1n) is 3.09. The van der Waals surface area contributed by atoms with Gasteiger partial charge in [0.1, 0.15) is 6.29 Å². The number of nitrogens with zero attached hydrogens (tertiary/aromatic N) is 1. The predicted octanol–water partition coefficient (Wildman–Crippen LogP) is -1.37. The summed E-state index contributed by atoms with van der Waals surface area (Å²) < 4.78 is 12.1. The number of carbonyl (C=O) groups is 1. The summed E-state index contributed by atoms with van der Waals surface area (Å²) in [5, 5.41) is 0. The van der Waals surface area contributed by atoms with Gasteiger partial charge in [-0.3, -0.25) is 4.67 Å². The van der Waals surface area contributed by atoms with E-state index in [0.717, 1.165) is 4.67 Å². The minimum absolute atomic E-state index is 0.302. The van der Waals surface area contributed by atoms with Crippen LogP contribution in [0.2, 0.25) is 0 Å². The lowest BCUT2D eigenvalue weighted by molar-refractivity contribution is -0.185. The average Bonchev–Trinajstić information content (AvgIpc) is 1.86. The molecular weight excluding hydrogens is 167 g/mol. The molecule has 0 aliphatic rings. The van der Waals surface area contributed by atoms with Crippen molar-refractivity contribution in [1.29, 1.82) is 0 Å². The Morgan fingerprint density at radius 2 is 2.18 bits per heavy atom. The number of hydrogen-bond acceptors (Lipinski definition) is 4. The molecule has 0 aromatic rings. The number of hydrogen-bond donors (Lipinski definition) is 1. The summed E-state index contributed by atoms with van der Waals surface area (Å²) in [6, 6.07) is -0.916. The van der Waals surface area contributed by atoms with E-state index < -0.39 is 13.6 Å².